The van der Waals surface area contributed by atoms with Gasteiger partial charge in [0.25, 0.3) is 5.69 Å². The highest BCUT2D eigenvalue weighted by Gasteiger charge is 2.25. The van der Waals surface area contributed by atoms with Crippen LogP contribution < -0.4 is 5.32 Å². The Bertz CT molecular complexity index is 406. The topological polar surface area (TPSA) is 71.3 Å². The van der Waals surface area contributed by atoms with Crippen LogP contribution in [0.2, 0.25) is 0 Å². The normalized spacial score (nSPS) is 14.9. The largest absolute Gasteiger partial charge is 0.369 e. The van der Waals surface area contributed by atoms with Gasteiger partial charge in [-0.3, -0.25) is 10.1 Å². The van der Waals surface area contributed by atoms with Crippen LogP contribution in [0.3, 0.4) is 0 Å². The molecule has 1 fully saturated rings. The zero-order chi connectivity index (χ0) is 12.3. The minimum Gasteiger partial charge on any atom is -0.369 e. The highest BCUT2D eigenvalue weighted by Crippen LogP contribution is 2.24. The summed E-state index contributed by atoms with van der Waals surface area (Å²) in [6.45, 7) is 1.68. The van der Waals surface area contributed by atoms with Crippen molar-refractivity contribution in [2.45, 2.75) is 18.9 Å². The summed E-state index contributed by atoms with van der Waals surface area (Å²) in [6, 6.07) is 3.58. The van der Waals surface area contributed by atoms with Crippen LogP contribution in [0.15, 0.2) is 18.3 Å². The second kappa shape index (κ2) is 5.09. The molecule has 0 amide bonds. The third kappa shape index (κ3) is 3.39. The lowest BCUT2D eigenvalue weighted by Gasteiger charge is -2.15. The molecule has 17 heavy (non-hydrogen) atoms. The van der Waals surface area contributed by atoms with E-state index >= 15 is 0 Å². The number of aromatic nitrogens is 1. The van der Waals surface area contributed by atoms with Gasteiger partial charge >= 0.3 is 0 Å². The van der Waals surface area contributed by atoms with Crippen LogP contribution in [-0.4, -0.2) is 41.0 Å². The fourth-order valence-electron chi connectivity index (χ4n) is 1.69. The summed E-state index contributed by atoms with van der Waals surface area (Å²) in [4.78, 5) is 16.5. The summed E-state index contributed by atoms with van der Waals surface area (Å²) in [5.74, 6) is 0.559. The van der Waals surface area contributed by atoms with Crippen LogP contribution in [0.4, 0.5) is 11.5 Å². The lowest BCUT2D eigenvalue weighted by Crippen LogP contribution is -2.27. The second-order valence-corrected chi connectivity index (χ2v) is 4.29. The number of nitrogens with zero attached hydrogens (tertiary/aromatic N) is 3. The molecule has 0 radical (unpaired) electrons. The monoisotopic (exact) mass is 236 g/mol. The maximum absolute atomic E-state index is 10.6. The molecule has 6 nitrogen and oxygen atoms in total. The number of anilines is 1. The SMILES string of the molecule is CN(CCNc1cc([N+](=O)[O-])ccn1)C1CC1. The molecule has 0 aromatic carbocycles. The first-order valence-electron chi connectivity index (χ1n) is 5.71. The Morgan fingerprint density at radius 1 is 1.65 bits per heavy atom. The van der Waals surface area contributed by atoms with Crippen LogP contribution in [0.1, 0.15) is 12.8 Å². The summed E-state index contributed by atoms with van der Waals surface area (Å²) < 4.78 is 0. The summed E-state index contributed by atoms with van der Waals surface area (Å²) >= 11 is 0. The van der Waals surface area contributed by atoms with Gasteiger partial charge in [0.1, 0.15) is 5.82 Å². The first kappa shape index (κ1) is 11.8. The van der Waals surface area contributed by atoms with Crippen molar-refractivity contribution in [3.63, 3.8) is 0 Å². The number of hydrogen-bond acceptors (Lipinski definition) is 5. The number of rotatable bonds is 6. The van der Waals surface area contributed by atoms with Gasteiger partial charge in [-0.15, -0.1) is 0 Å². The third-order valence-electron chi connectivity index (χ3n) is 2.90. The van der Waals surface area contributed by atoms with Crippen LogP contribution in [-0.2, 0) is 0 Å². The first-order valence-corrected chi connectivity index (χ1v) is 5.71. The number of pyridine rings is 1. The van der Waals surface area contributed by atoms with E-state index < -0.39 is 4.92 Å². The van der Waals surface area contributed by atoms with Gasteiger partial charge in [-0.25, -0.2) is 4.98 Å². The average Bonchev–Trinajstić information content (AvgIpc) is 3.13. The number of nitro groups is 1. The van der Waals surface area contributed by atoms with E-state index in [0.717, 1.165) is 19.1 Å². The standard InChI is InChI=1S/C11H16N4O2/c1-14(9-2-3-9)7-6-13-11-8-10(15(16)17)4-5-12-11/h4-5,8-9H,2-3,6-7H2,1H3,(H,12,13). The Morgan fingerprint density at radius 2 is 2.41 bits per heavy atom. The molecule has 0 bridgehead atoms. The lowest BCUT2D eigenvalue weighted by molar-refractivity contribution is -0.384. The Hall–Kier alpha value is -1.69. The van der Waals surface area contributed by atoms with Crippen LogP contribution in [0, 0.1) is 10.1 Å². The molecule has 1 saturated carbocycles. The molecular weight excluding hydrogens is 220 g/mol. The molecule has 92 valence electrons. The van der Waals surface area contributed by atoms with E-state index in [4.69, 9.17) is 0 Å². The molecule has 0 saturated heterocycles. The number of hydrogen-bond donors (Lipinski definition) is 1. The van der Waals surface area contributed by atoms with Crippen molar-refractivity contribution < 1.29 is 4.92 Å². The van der Waals surface area contributed by atoms with E-state index in [1.807, 2.05) is 0 Å². The van der Waals surface area contributed by atoms with E-state index in [-0.39, 0.29) is 5.69 Å². The van der Waals surface area contributed by atoms with Crippen molar-refractivity contribution in [2.75, 3.05) is 25.5 Å². The van der Waals surface area contributed by atoms with Crippen molar-refractivity contribution >= 4 is 11.5 Å². The van der Waals surface area contributed by atoms with Gasteiger partial charge in [-0.1, -0.05) is 0 Å². The molecule has 2 rings (SSSR count). The molecule has 1 N–H and O–H groups in total. The smallest absolute Gasteiger partial charge is 0.274 e. The second-order valence-electron chi connectivity index (χ2n) is 4.29. The molecule has 1 aromatic rings. The zero-order valence-corrected chi connectivity index (χ0v) is 9.80. The summed E-state index contributed by atoms with van der Waals surface area (Å²) in [6.07, 6.45) is 4.02. The van der Waals surface area contributed by atoms with Crippen LogP contribution in [0.25, 0.3) is 0 Å². The molecule has 0 spiro atoms. The van der Waals surface area contributed by atoms with Gasteiger partial charge in [-0.2, -0.15) is 0 Å². The summed E-state index contributed by atoms with van der Waals surface area (Å²) in [5.41, 5.74) is 0.0676. The molecule has 1 aliphatic carbocycles. The van der Waals surface area contributed by atoms with Crippen molar-refractivity contribution in [1.82, 2.24) is 9.88 Å². The van der Waals surface area contributed by atoms with E-state index in [1.54, 1.807) is 0 Å². The maximum Gasteiger partial charge on any atom is 0.274 e. The van der Waals surface area contributed by atoms with Gasteiger partial charge in [0.2, 0.25) is 0 Å². The minimum atomic E-state index is -0.414. The average molecular weight is 236 g/mol. The maximum atomic E-state index is 10.6. The van der Waals surface area contributed by atoms with Gasteiger partial charge < -0.3 is 10.2 Å². The van der Waals surface area contributed by atoms with Gasteiger partial charge in [-0.05, 0) is 19.9 Å². The summed E-state index contributed by atoms with van der Waals surface area (Å²) in [5, 5.41) is 13.7. The van der Waals surface area contributed by atoms with Crippen LogP contribution in [0.5, 0.6) is 0 Å². The van der Waals surface area contributed by atoms with Crippen molar-refractivity contribution in [1.29, 1.82) is 0 Å². The predicted molar refractivity (Wildman–Crippen MR) is 65.0 cm³/mol. The van der Waals surface area contributed by atoms with Gasteiger partial charge in [0, 0.05) is 31.4 Å². The molecule has 1 heterocycles. The highest BCUT2D eigenvalue weighted by molar-refractivity contribution is 5.44. The number of likely N-dealkylation sites (N-methyl/N-ethyl adjacent to an activating group) is 1. The Morgan fingerprint density at radius 3 is 3.06 bits per heavy atom. The van der Waals surface area contributed by atoms with E-state index in [9.17, 15) is 10.1 Å². The minimum absolute atomic E-state index is 0.0676. The Balaban J connectivity index is 1.81. The van der Waals surface area contributed by atoms with Gasteiger partial charge in [0.15, 0.2) is 0 Å². The first-order chi connectivity index (χ1) is 8.16. The van der Waals surface area contributed by atoms with Crippen molar-refractivity contribution in [3.8, 4) is 0 Å². The van der Waals surface area contributed by atoms with E-state index in [0.29, 0.717) is 5.82 Å². The highest BCUT2D eigenvalue weighted by atomic mass is 16.6. The van der Waals surface area contributed by atoms with Crippen LogP contribution >= 0.6 is 0 Å². The number of nitrogens with one attached hydrogen (secondary N) is 1. The summed E-state index contributed by atoms with van der Waals surface area (Å²) in [7, 11) is 2.10. The molecular formula is C11H16N4O2. The van der Waals surface area contributed by atoms with Gasteiger partial charge in [0.05, 0.1) is 11.0 Å². The lowest BCUT2D eigenvalue weighted by atomic mass is 10.4. The molecule has 1 aromatic heterocycles. The Labute approximate surface area is 99.8 Å². The van der Waals surface area contributed by atoms with E-state index in [1.165, 1.54) is 31.2 Å². The quantitative estimate of drug-likeness (QED) is 0.598. The Kier molecular flexibility index (Phi) is 3.53. The predicted octanol–water partition coefficient (Wildman–Crippen LogP) is 1.50. The zero-order valence-electron chi connectivity index (χ0n) is 9.80. The molecule has 1 aliphatic rings. The van der Waals surface area contributed by atoms with Crippen molar-refractivity contribution in [2.24, 2.45) is 0 Å². The molecule has 0 unspecified atom stereocenters. The van der Waals surface area contributed by atoms with Crippen molar-refractivity contribution in [3.05, 3.63) is 28.4 Å². The van der Waals surface area contributed by atoms with E-state index in [2.05, 4.69) is 22.2 Å². The fourth-order valence-corrected chi connectivity index (χ4v) is 1.69. The molecule has 0 aliphatic heterocycles. The third-order valence-corrected chi connectivity index (χ3v) is 2.90. The molecule has 6 heteroatoms. The molecule has 0 atom stereocenters. The fraction of sp³-hybridized carbons (Fsp3) is 0.545.